The van der Waals surface area contributed by atoms with Crippen LogP contribution in [0.2, 0.25) is 0 Å². The van der Waals surface area contributed by atoms with Crippen LogP contribution in [-0.2, 0) is 4.74 Å². The molecule has 0 aromatic heterocycles. The summed E-state index contributed by atoms with van der Waals surface area (Å²) in [5.74, 6) is 1.65. The molecule has 0 bridgehead atoms. The van der Waals surface area contributed by atoms with Crippen molar-refractivity contribution in [3.63, 3.8) is 0 Å². The van der Waals surface area contributed by atoms with Crippen LogP contribution < -0.4 is 0 Å². The molecule has 43 heavy (non-hydrogen) atoms. The van der Waals surface area contributed by atoms with Crippen LogP contribution in [0.25, 0.3) is 11.1 Å². The van der Waals surface area contributed by atoms with Crippen molar-refractivity contribution in [1.29, 1.82) is 5.26 Å². The minimum atomic E-state index is -0.232. The number of unbranched alkanes of at least 4 members (excludes halogenated alkanes) is 7. The van der Waals surface area contributed by atoms with Crippen molar-refractivity contribution in [3.05, 3.63) is 59.7 Å². The van der Waals surface area contributed by atoms with Gasteiger partial charge in [0.25, 0.3) is 0 Å². The zero-order chi connectivity index (χ0) is 30.9. The number of hydrogen-bond acceptors (Lipinski definition) is 3. The summed E-state index contributed by atoms with van der Waals surface area (Å²) in [6.07, 6.45) is 20.6. The lowest BCUT2D eigenvalue weighted by Gasteiger charge is -2.35. The lowest BCUT2D eigenvalue weighted by atomic mass is 9.67. The Morgan fingerprint density at radius 3 is 1.98 bits per heavy atom. The summed E-state index contributed by atoms with van der Waals surface area (Å²) >= 11 is 0. The standard InChI is InChI=1S/C40H59NO2/c1-5-6-7-8-9-10-11-12-27-40(31-41)28-24-37(25-29-40)36-18-16-34(17-19-36)35-20-22-38(23-21-35)39(42)43-30-26-33(4)15-13-14-32(2)3/h16-23,32-33,37H,5-15,24-30H2,1-4H3/t33-,37-,40-/m1/s1. The van der Waals surface area contributed by atoms with Gasteiger partial charge in [0.05, 0.1) is 23.7 Å². The second-order valence-corrected chi connectivity index (χ2v) is 13.9. The summed E-state index contributed by atoms with van der Waals surface area (Å²) in [7, 11) is 0. The number of ether oxygens (including phenoxy) is 1. The fourth-order valence-electron chi connectivity index (χ4n) is 6.72. The van der Waals surface area contributed by atoms with Gasteiger partial charge in [0.1, 0.15) is 0 Å². The molecular formula is C40H59NO2. The highest BCUT2D eigenvalue weighted by atomic mass is 16.5. The number of hydrogen-bond donors (Lipinski definition) is 0. The number of esters is 1. The molecule has 0 aliphatic heterocycles. The summed E-state index contributed by atoms with van der Waals surface area (Å²) in [6, 6.07) is 19.5. The van der Waals surface area contributed by atoms with Gasteiger partial charge in [0, 0.05) is 0 Å². The van der Waals surface area contributed by atoms with Gasteiger partial charge in [0.2, 0.25) is 0 Å². The molecule has 0 unspecified atom stereocenters. The van der Waals surface area contributed by atoms with E-state index in [9.17, 15) is 10.1 Å². The Bertz CT molecular complexity index is 1090. The predicted octanol–water partition coefficient (Wildman–Crippen LogP) is 12.1. The van der Waals surface area contributed by atoms with Crippen LogP contribution >= 0.6 is 0 Å². The van der Waals surface area contributed by atoms with E-state index < -0.39 is 0 Å². The molecule has 1 saturated carbocycles. The minimum absolute atomic E-state index is 0.104. The molecule has 0 saturated heterocycles. The second-order valence-electron chi connectivity index (χ2n) is 13.9. The number of benzene rings is 2. The zero-order valence-electron chi connectivity index (χ0n) is 27.8. The molecule has 1 atom stereocenters. The fourth-order valence-corrected chi connectivity index (χ4v) is 6.72. The quantitative estimate of drug-likeness (QED) is 0.122. The molecule has 0 N–H and O–H groups in total. The lowest BCUT2D eigenvalue weighted by Crippen LogP contribution is -2.25. The summed E-state index contributed by atoms with van der Waals surface area (Å²) in [5.41, 5.74) is 4.17. The van der Waals surface area contributed by atoms with Gasteiger partial charge in [-0.25, -0.2) is 4.79 Å². The van der Waals surface area contributed by atoms with E-state index in [0.717, 1.165) is 55.6 Å². The van der Waals surface area contributed by atoms with Crippen LogP contribution in [0.1, 0.15) is 159 Å². The van der Waals surface area contributed by atoms with E-state index in [-0.39, 0.29) is 11.4 Å². The third kappa shape index (κ3) is 12.1. The first-order valence-electron chi connectivity index (χ1n) is 17.6. The molecule has 3 nitrogen and oxygen atoms in total. The Balaban J connectivity index is 1.40. The van der Waals surface area contributed by atoms with E-state index in [4.69, 9.17) is 4.74 Å². The highest BCUT2D eigenvalue weighted by molar-refractivity contribution is 5.90. The largest absolute Gasteiger partial charge is 0.462 e. The van der Waals surface area contributed by atoms with Crippen LogP contribution in [0, 0.1) is 28.6 Å². The van der Waals surface area contributed by atoms with E-state index in [1.807, 2.05) is 24.3 Å². The van der Waals surface area contributed by atoms with Crippen molar-refractivity contribution in [2.24, 2.45) is 17.3 Å². The number of rotatable bonds is 19. The smallest absolute Gasteiger partial charge is 0.338 e. The molecule has 3 rings (SSSR count). The van der Waals surface area contributed by atoms with Gasteiger partial charge in [-0.05, 0) is 85.1 Å². The molecule has 1 fully saturated rings. The monoisotopic (exact) mass is 585 g/mol. The number of carbonyl (C=O) groups excluding carboxylic acids is 1. The van der Waals surface area contributed by atoms with Crippen molar-refractivity contribution in [2.45, 2.75) is 143 Å². The summed E-state index contributed by atoms with van der Waals surface area (Å²) in [6.45, 7) is 9.54. The van der Waals surface area contributed by atoms with E-state index in [1.54, 1.807) is 0 Å². The Morgan fingerprint density at radius 2 is 1.40 bits per heavy atom. The Kier molecular flexibility index (Phi) is 15.4. The maximum Gasteiger partial charge on any atom is 0.338 e. The molecule has 3 heteroatoms. The predicted molar refractivity (Wildman–Crippen MR) is 181 cm³/mol. The van der Waals surface area contributed by atoms with E-state index in [0.29, 0.717) is 24.0 Å². The van der Waals surface area contributed by atoms with Gasteiger partial charge in [-0.1, -0.05) is 135 Å². The molecule has 1 aliphatic rings. The van der Waals surface area contributed by atoms with Crippen LogP contribution in [-0.4, -0.2) is 12.6 Å². The lowest BCUT2D eigenvalue weighted by molar-refractivity contribution is 0.0483. The average molecular weight is 586 g/mol. The van der Waals surface area contributed by atoms with Gasteiger partial charge < -0.3 is 4.74 Å². The van der Waals surface area contributed by atoms with Gasteiger partial charge in [-0.15, -0.1) is 0 Å². The van der Waals surface area contributed by atoms with Crippen LogP contribution in [0.4, 0.5) is 0 Å². The third-order valence-electron chi connectivity index (χ3n) is 9.85. The molecule has 236 valence electrons. The first kappa shape index (κ1) is 34.9. The van der Waals surface area contributed by atoms with E-state index in [1.165, 1.54) is 76.2 Å². The Labute approximate surface area is 263 Å². The normalized spacial score (nSPS) is 19.2. The maximum atomic E-state index is 12.6. The van der Waals surface area contributed by atoms with Gasteiger partial charge >= 0.3 is 5.97 Å². The van der Waals surface area contributed by atoms with Crippen LogP contribution in [0.3, 0.4) is 0 Å². The van der Waals surface area contributed by atoms with E-state index >= 15 is 0 Å². The molecular weight excluding hydrogens is 526 g/mol. The number of nitrogens with zero attached hydrogens (tertiary/aromatic N) is 1. The molecule has 0 radical (unpaired) electrons. The zero-order valence-corrected chi connectivity index (χ0v) is 27.8. The van der Waals surface area contributed by atoms with Gasteiger partial charge in [-0.3, -0.25) is 0 Å². The third-order valence-corrected chi connectivity index (χ3v) is 9.85. The topological polar surface area (TPSA) is 50.1 Å². The number of nitriles is 1. The Morgan fingerprint density at radius 1 is 0.814 bits per heavy atom. The van der Waals surface area contributed by atoms with Gasteiger partial charge in [0.15, 0.2) is 0 Å². The fraction of sp³-hybridized carbons (Fsp3) is 0.650. The minimum Gasteiger partial charge on any atom is -0.462 e. The molecule has 2 aromatic carbocycles. The van der Waals surface area contributed by atoms with E-state index in [2.05, 4.69) is 58.0 Å². The van der Waals surface area contributed by atoms with Crippen molar-refractivity contribution in [2.75, 3.05) is 6.61 Å². The summed E-state index contributed by atoms with van der Waals surface area (Å²) < 4.78 is 5.57. The van der Waals surface area contributed by atoms with Gasteiger partial charge in [-0.2, -0.15) is 5.26 Å². The molecule has 0 amide bonds. The van der Waals surface area contributed by atoms with Crippen molar-refractivity contribution in [1.82, 2.24) is 0 Å². The second kappa shape index (κ2) is 18.9. The maximum absolute atomic E-state index is 12.6. The molecule has 0 heterocycles. The first-order chi connectivity index (χ1) is 20.9. The molecule has 1 aliphatic carbocycles. The van der Waals surface area contributed by atoms with Crippen molar-refractivity contribution >= 4 is 5.97 Å². The van der Waals surface area contributed by atoms with Crippen LogP contribution in [0.5, 0.6) is 0 Å². The molecule has 0 spiro atoms. The van der Waals surface area contributed by atoms with Crippen LogP contribution in [0.15, 0.2) is 48.5 Å². The highest BCUT2D eigenvalue weighted by Crippen LogP contribution is 2.46. The Hall–Kier alpha value is -2.60. The summed E-state index contributed by atoms with van der Waals surface area (Å²) in [5, 5.41) is 10.0. The average Bonchev–Trinajstić information content (AvgIpc) is 3.02. The first-order valence-corrected chi connectivity index (χ1v) is 17.6. The summed E-state index contributed by atoms with van der Waals surface area (Å²) in [4.78, 5) is 12.6. The molecule has 2 aromatic rings. The van der Waals surface area contributed by atoms with Crippen molar-refractivity contribution in [3.8, 4) is 17.2 Å². The SMILES string of the molecule is CCCCCCCCCC[C@]1(C#N)CC[C@H](c2ccc(-c3ccc(C(=O)OCC[C@H](C)CCCC(C)C)cc3)cc2)CC1. The van der Waals surface area contributed by atoms with Crippen molar-refractivity contribution < 1.29 is 9.53 Å². The highest BCUT2D eigenvalue weighted by Gasteiger charge is 2.35. The number of carbonyl (C=O) groups is 1.